The smallest absolute Gasteiger partial charge is 0.279 e. The number of nitrogens with zero attached hydrogens (tertiary/aromatic N) is 1. The van der Waals surface area contributed by atoms with Crippen molar-refractivity contribution >= 4 is 33.4 Å². The number of aromatic nitrogens is 2. The normalized spacial score (nSPS) is 11.2. The van der Waals surface area contributed by atoms with Crippen LogP contribution in [-0.4, -0.2) is 15.5 Å². The van der Waals surface area contributed by atoms with Gasteiger partial charge >= 0.3 is 0 Å². The van der Waals surface area contributed by atoms with Crippen molar-refractivity contribution in [2.24, 2.45) is 0 Å². The summed E-state index contributed by atoms with van der Waals surface area (Å²) < 4.78 is 7.58. The molecule has 0 bridgehead atoms. The zero-order valence-electron chi connectivity index (χ0n) is 16.6. The molecule has 0 saturated carbocycles. The summed E-state index contributed by atoms with van der Waals surface area (Å²) >= 11 is 0. The molecule has 0 saturated heterocycles. The molecule has 3 aromatic carbocycles. The lowest BCUT2D eigenvalue weighted by Gasteiger charge is -2.06. The van der Waals surface area contributed by atoms with Gasteiger partial charge < -0.3 is 15.5 Å². The first-order valence-electron chi connectivity index (χ1n) is 9.81. The average Bonchev–Trinajstić information content (AvgIpc) is 3.32. The molecule has 0 unspecified atom stereocenters. The third-order valence-corrected chi connectivity index (χ3v) is 5.44. The molecule has 0 atom stereocenters. The lowest BCUT2D eigenvalue weighted by molar-refractivity contribution is 0.0959. The first-order valence-corrected chi connectivity index (χ1v) is 9.81. The molecule has 0 aliphatic carbocycles. The lowest BCUT2D eigenvalue weighted by Crippen LogP contribution is -2.14. The highest BCUT2D eigenvalue weighted by atomic mass is 16.5. The summed E-state index contributed by atoms with van der Waals surface area (Å²) in [5.41, 5.74) is 10.9. The first kappa shape index (κ1) is 18.1. The van der Waals surface area contributed by atoms with Gasteiger partial charge in [0, 0.05) is 28.0 Å². The molecule has 3 N–H and O–H groups in total. The van der Waals surface area contributed by atoms with Gasteiger partial charge in [0.15, 0.2) is 0 Å². The van der Waals surface area contributed by atoms with Crippen LogP contribution in [0.4, 0.5) is 5.69 Å². The first-order chi connectivity index (χ1) is 14.6. The van der Waals surface area contributed by atoms with Crippen molar-refractivity contribution in [1.29, 1.82) is 0 Å². The number of fused-ring (bicyclic) bond motifs is 2. The van der Waals surface area contributed by atoms with Gasteiger partial charge in [0.2, 0.25) is 0 Å². The Bertz CT molecular complexity index is 1380. The molecule has 2 aromatic heterocycles. The number of aromatic amines is 1. The Morgan fingerprint density at radius 3 is 2.60 bits per heavy atom. The molecule has 0 spiro atoms. The standard InChI is InChI=1S/C25H21N3O2/c1-16-24(26)20-9-5-6-10-23(20)28(16)25(29)22-13-18-11-12-19(14-21(18)27-22)30-15-17-7-3-2-4-8-17/h2-14,27H,15,26H2,1H3. The van der Waals surface area contributed by atoms with Crippen molar-refractivity contribution in [3.8, 4) is 5.75 Å². The number of rotatable bonds is 4. The van der Waals surface area contributed by atoms with E-state index in [2.05, 4.69) is 4.98 Å². The number of nitrogens with two attached hydrogens (primary N) is 1. The molecule has 148 valence electrons. The maximum Gasteiger partial charge on any atom is 0.279 e. The molecule has 5 heteroatoms. The Hall–Kier alpha value is -3.99. The van der Waals surface area contributed by atoms with Crippen LogP contribution < -0.4 is 10.5 Å². The monoisotopic (exact) mass is 395 g/mol. The van der Waals surface area contributed by atoms with Crippen LogP contribution >= 0.6 is 0 Å². The Kier molecular flexibility index (Phi) is 4.29. The molecule has 0 aliphatic heterocycles. The second-order valence-corrected chi connectivity index (χ2v) is 7.36. The number of hydrogen-bond donors (Lipinski definition) is 2. The van der Waals surface area contributed by atoms with Crippen LogP contribution in [0.2, 0.25) is 0 Å². The summed E-state index contributed by atoms with van der Waals surface area (Å²) in [4.78, 5) is 16.5. The van der Waals surface area contributed by atoms with Crippen LogP contribution in [0.5, 0.6) is 5.75 Å². The number of nitrogen functional groups attached to an aromatic ring is 1. The van der Waals surface area contributed by atoms with E-state index in [9.17, 15) is 4.79 Å². The van der Waals surface area contributed by atoms with Crippen molar-refractivity contribution in [1.82, 2.24) is 9.55 Å². The summed E-state index contributed by atoms with van der Waals surface area (Å²) in [5, 5.41) is 1.84. The van der Waals surface area contributed by atoms with E-state index < -0.39 is 0 Å². The fourth-order valence-corrected chi connectivity index (χ4v) is 3.83. The van der Waals surface area contributed by atoms with Gasteiger partial charge in [-0.3, -0.25) is 9.36 Å². The second kappa shape index (κ2) is 7.12. The van der Waals surface area contributed by atoms with Crippen LogP contribution in [0.3, 0.4) is 0 Å². The number of carbonyl (C=O) groups is 1. The van der Waals surface area contributed by atoms with Gasteiger partial charge in [0.1, 0.15) is 18.1 Å². The van der Waals surface area contributed by atoms with E-state index in [1.807, 2.05) is 85.8 Å². The second-order valence-electron chi connectivity index (χ2n) is 7.36. The van der Waals surface area contributed by atoms with Crippen LogP contribution in [0.15, 0.2) is 78.9 Å². The molecule has 2 heterocycles. The van der Waals surface area contributed by atoms with Crippen LogP contribution in [0, 0.1) is 6.92 Å². The maximum atomic E-state index is 13.3. The SMILES string of the molecule is Cc1c(N)c2ccccc2n1C(=O)c1cc2ccc(OCc3ccccc3)cc2[nH]1. The number of nitrogens with one attached hydrogen (secondary N) is 1. The van der Waals surface area contributed by atoms with Crippen LogP contribution in [0.1, 0.15) is 21.7 Å². The van der Waals surface area contributed by atoms with E-state index in [0.717, 1.165) is 38.8 Å². The van der Waals surface area contributed by atoms with Crippen LogP contribution in [-0.2, 0) is 6.61 Å². The molecule has 5 aromatic rings. The fraction of sp³-hybridized carbons (Fsp3) is 0.0800. The predicted octanol–water partition coefficient (Wildman–Crippen LogP) is 5.28. The molecule has 5 nitrogen and oxygen atoms in total. The summed E-state index contributed by atoms with van der Waals surface area (Å²) in [5.74, 6) is 0.613. The minimum atomic E-state index is -0.136. The van der Waals surface area contributed by atoms with Crippen molar-refractivity contribution in [2.75, 3.05) is 5.73 Å². The van der Waals surface area contributed by atoms with Gasteiger partial charge in [0.05, 0.1) is 11.2 Å². The van der Waals surface area contributed by atoms with Gasteiger partial charge in [-0.2, -0.15) is 0 Å². The minimum absolute atomic E-state index is 0.136. The number of ether oxygens (including phenoxy) is 1. The predicted molar refractivity (Wildman–Crippen MR) is 120 cm³/mol. The Balaban J connectivity index is 1.47. The van der Waals surface area contributed by atoms with Crippen molar-refractivity contribution in [3.63, 3.8) is 0 Å². The summed E-state index contributed by atoms with van der Waals surface area (Å²) in [6, 6.07) is 25.4. The summed E-state index contributed by atoms with van der Waals surface area (Å²) in [7, 11) is 0. The molecule has 0 fully saturated rings. The molecular formula is C25H21N3O2. The van der Waals surface area contributed by atoms with Crippen molar-refractivity contribution in [3.05, 3.63) is 95.8 Å². The summed E-state index contributed by atoms with van der Waals surface area (Å²) in [6.07, 6.45) is 0. The largest absolute Gasteiger partial charge is 0.489 e. The van der Waals surface area contributed by atoms with E-state index in [4.69, 9.17) is 10.5 Å². The third kappa shape index (κ3) is 3.01. The average molecular weight is 395 g/mol. The minimum Gasteiger partial charge on any atom is -0.489 e. The van der Waals surface area contributed by atoms with Gasteiger partial charge in [-0.1, -0.05) is 48.5 Å². The van der Waals surface area contributed by atoms with E-state index in [1.54, 1.807) is 4.57 Å². The molecule has 0 aliphatic rings. The Morgan fingerprint density at radius 2 is 1.77 bits per heavy atom. The zero-order chi connectivity index (χ0) is 20.7. The van der Waals surface area contributed by atoms with E-state index in [1.165, 1.54) is 0 Å². The highest BCUT2D eigenvalue weighted by Crippen LogP contribution is 2.29. The lowest BCUT2D eigenvalue weighted by atomic mass is 10.2. The zero-order valence-corrected chi connectivity index (χ0v) is 16.6. The highest BCUT2D eigenvalue weighted by molar-refractivity contribution is 6.07. The molecule has 30 heavy (non-hydrogen) atoms. The Labute approximate surface area is 173 Å². The third-order valence-electron chi connectivity index (χ3n) is 5.44. The molecule has 0 radical (unpaired) electrons. The maximum absolute atomic E-state index is 13.3. The number of para-hydroxylation sites is 1. The molecule has 0 amide bonds. The van der Waals surface area contributed by atoms with E-state index >= 15 is 0 Å². The fourth-order valence-electron chi connectivity index (χ4n) is 3.83. The van der Waals surface area contributed by atoms with E-state index in [-0.39, 0.29) is 5.91 Å². The van der Waals surface area contributed by atoms with Gasteiger partial charge in [0.25, 0.3) is 5.91 Å². The number of hydrogen-bond acceptors (Lipinski definition) is 3. The van der Waals surface area contributed by atoms with Gasteiger partial charge in [-0.15, -0.1) is 0 Å². The topological polar surface area (TPSA) is 73.0 Å². The van der Waals surface area contributed by atoms with Crippen LogP contribution in [0.25, 0.3) is 21.8 Å². The van der Waals surface area contributed by atoms with E-state index in [0.29, 0.717) is 18.0 Å². The van der Waals surface area contributed by atoms with Gasteiger partial charge in [-0.25, -0.2) is 0 Å². The van der Waals surface area contributed by atoms with Crippen molar-refractivity contribution < 1.29 is 9.53 Å². The summed E-state index contributed by atoms with van der Waals surface area (Å²) in [6.45, 7) is 2.36. The van der Waals surface area contributed by atoms with Crippen molar-refractivity contribution in [2.45, 2.75) is 13.5 Å². The number of anilines is 1. The number of H-pyrrole nitrogens is 1. The molecular weight excluding hydrogens is 374 g/mol. The molecule has 5 rings (SSSR count). The Morgan fingerprint density at radius 1 is 1.00 bits per heavy atom. The quantitative estimate of drug-likeness (QED) is 0.435. The number of benzene rings is 3. The highest BCUT2D eigenvalue weighted by Gasteiger charge is 2.19. The van der Waals surface area contributed by atoms with Gasteiger partial charge in [-0.05, 0) is 36.8 Å². The number of carbonyl (C=O) groups excluding carboxylic acids is 1.